The molecule has 0 atom stereocenters. The fourth-order valence-electron chi connectivity index (χ4n) is 2.83. The summed E-state index contributed by atoms with van der Waals surface area (Å²) in [6.07, 6.45) is -3.35. The van der Waals surface area contributed by atoms with Crippen molar-refractivity contribution in [2.24, 2.45) is 0 Å². The predicted octanol–water partition coefficient (Wildman–Crippen LogP) is 3.46. The zero-order valence-corrected chi connectivity index (χ0v) is 15.0. The van der Waals surface area contributed by atoms with Crippen molar-refractivity contribution in [3.63, 3.8) is 0 Å². The lowest BCUT2D eigenvalue weighted by Crippen LogP contribution is -2.45. The van der Waals surface area contributed by atoms with Crippen LogP contribution in [0.3, 0.4) is 0 Å². The lowest BCUT2D eigenvalue weighted by atomic mass is 10.1. The predicted molar refractivity (Wildman–Crippen MR) is 86.5 cm³/mol. The van der Waals surface area contributed by atoms with E-state index in [1.165, 1.54) is 7.05 Å². The highest BCUT2D eigenvalue weighted by molar-refractivity contribution is 7.89. The molecule has 0 N–H and O–H groups in total. The number of hydrogen-bond donors (Lipinski definition) is 0. The summed E-state index contributed by atoms with van der Waals surface area (Å²) in [7, 11) is -2.69. The molecule has 0 radical (unpaired) electrons. The van der Waals surface area contributed by atoms with Crippen molar-refractivity contribution in [2.45, 2.75) is 36.9 Å². The van der Waals surface area contributed by atoms with Gasteiger partial charge in [0.2, 0.25) is 10.0 Å². The van der Waals surface area contributed by atoms with Crippen LogP contribution < -0.4 is 0 Å². The number of piperidine rings is 1. The monoisotopic (exact) mass is 384 g/mol. The van der Waals surface area contributed by atoms with Crippen LogP contribution in [0.25, 0.3) is 0 Å². The first-order valence-corrected chi connectivity index (χ1v) is 9.46. The normalized spacial score (nSPS) is 18.3. The van der Waals surface area contributed by atoms with Crippen molar-refractivity contribution in [3.8, 4) is 0 Å². The van der Waals surface area contributed by atoms with Crippen molar-refractivity contribution >= 4 is 21.6 Å². The molecular formula is C15H20ClF3N2O2S. The van der Waals surface area contributed by atoms with Crippen molar-refractivity contribution < 1.29 is 21.6 Å². The van der Waals surface area contributed by atoms with Gasteiger partial charge in [-0.05, 0) is 50.7 Å². The van der Waals surface area contributed by atoms with Crippen LogP contribution in [0.1, 0.15) is 25.3 Å². The fraction of sp³-hybridized carbons (Fsp3) is 0.600. The number of benzene rings is 1. The number of likely N-dealkylation sites (tertiary alicyclic amines) is 1. The highest BCUT2D eigenvalue weighted by Gasteiger charge is 2.36. The number of alkyl halides is 3. The smallest absolute Gasteiger partial charge is 0.303 e. The molecule has 9 heteroatoms. The van der Waals surface area contributed by atoms with Crippen LogP contribution in [0.2, 0.25) is 5.02 Å². The fourth-order valence-corrected chi connectivity index (χ4v) is 4.74. The van der Waals surface area contributed by atoms with E-state index in [4.69, 9.17) is 11.6 Å². The van der Waals surface area contributed by atoms with Gasteiger partial charge >= 0.3 is 6.18 Å². The Balaban J connectivity index is 2.30. The minimum Gasteiger partial charge on any atom is -0.303 e. The average Bonchev–Trinajstić information content (AvgIpc) is 2.53. The summed E-state index contributed by atoms with van der Waals surface area (Å²) in [6, 6.07) is 2.12. The number of sulfonamides is 1. The number of hydrogen-bond acceptors (Lipinski definition) is 3. The van der Waals surface area contributed by atoms with Gasteiger partial charge < -0.3 is 4.90 Å². The van der Waals surface area contributed by atoms with Gasteiger partial charge in [-0.3, -0.25) is 0 Å². The number of rotatable bonds is 4. The minimum atomic E-state index is -4.63. The molecule has 136 valence electrons. The maximum Gasteiger partial charge on any atom is 0.416 e. The molecule has 0 aliphatic carbocycles. The van der Waals surface area contributed by atoms with Crippen molar-refractivity contribution in [3.05, 3.63) is 28.8 Å². The lowest BCUT2D eigenvalue weighted by Gasteiger charge is -2.35. The Morgan fingerprint density at radius 1 is 1.29 bits per heavy atom. The Labute approximate surface area is 145 Å². The number of halogens is 4. The topological polar surface area (TPSA) is 40.6 Å². The SMILES string of the molecule is CCN1CCC(N(C)S(=O)(=O)c2cc(C(F)(F)F)ccc2Cl)CC1. The maximum absolute atomic E-state index is 12.9. The first kappa shape index (κ1) is 19.5. The molecule has 0 amide bonds. The zero-order valence-electron chi connectivity index (χ0n) is 13.5. The van der Waals surface area contributed by atoms with Gasteiger partial charge in [0.25, 0.3) is 0 Å². The van der Waals surface area contributed by atoms with Gasteiger partial charge in [-0.25, -0.2) is 8.42 Å². The summed E-state index contributed by atoms with van der Waals surface area (Å²) < 4.78 is 65.2. The summed E-state index contributed by atoms with van der Waals surface area (Å²) in [5.41, 5.74) is -1.03. The molecule has 1 fully saturated rings. The van der Waals surface area contributed by atoms with E-state index in [1.807, 2.05) is 6.92 Å². The first-order chi connectivity index (χ1) is 11.1. The van der Waals surface area contributed by atoms with Crippen LogP contribution in [0, 0.1) is 0 Å². The molecule has 1 saturated heterocycles. The third-order valence-electron chi connectivity index (χ3n) is 4.43. The average molecular weight is 385 g/mol. The maximum atomic E-state index is 12.9. The highest BCUT2D eigenvalue weighted by atomic mass is 35.5. The van der Waals surface area contributed by atoms with Crippen LogP contribution in [0.15, 0.2) is 23.1 Å². The summed E-state index contributed by atoms with van der Waals surface area (Å²) in [6.45, 7) is 4.44. The minimum absolute atomic E-state index is 0.208. The molecule has 1 heterocycles. The van der Waals surface area contributed by atoms with Gasteiger partial charge in [-0.2, -0.15) is 17.5 Å². The summed E-state index contributed by atoms with van der Waals surface area (Å²) in [5.74, 6) is 0. The van der Waals surface area contributed by atoms with Crippen LogP contribution in [-0.2, 0) is 16.2 Å². The quantitative estimate of drug-likeness (QED) is 0.798. The first-order valence-electron chi connectivity index (χ1n) is 7.64. The summed E-state index contributed by atoms with van der Waals surface area (Å²) >= 11 is 5.88. The Morgan fingerprint density at radius 2 is 1.88 bits per heavy atom. The van der Waals surface area contributed by atoms with Gasteiger partial charge in [-0.15, -0.1) is 0 Å². The summed E-state index contributed by atoms with van der Waals surface area (Å²) in [5, 5.41) is -0.208. The van der Waals surface area contributed by atoms with Gasteiger partial charge in [0.05, 0.1) is 10.6 Å². The molecule has 0 bridgehead atoms. The molecule has 0 aromatic heterocycles. The molecule has 1 aliphatic rings. The second-order valence-electron chi connectivity index (χ2n) is 5.83. The van der Waals surface area contributed by atoms with Gasteiger partial charge in [-0.1, -0.05) is 18.5 Å². The largest absolute Gasteiger partial charge is 0.416 e. The van der Waals surface area contributed by atoms with E-state index >= 15 is 0 Å². The molecule has 0 spiro atoms. The third kappa shape index (κ3) is 4.04. The zero-order chi connectivity index (χ0) is 18.1. The highest BCUT2D eigenvalue weighted by Crippen LogP contribution is 2.35. The molecule has 0 saturated carbocycles. The summed E-state index contributed by atoms with van der Waals surface area (Å²) in [4.78, 5) is 1.70. The molecule has 1 aromatic rings. The van der Waals surface area contributed by atoms with Crippen LogP contribution in [-0.4, -0.2) is 50.3 Å². The molecular weight excluding hydrogens is 365 g/mol. The number of nitrogens with zero attached hydrogens (tertiary/aromatic N) is 2. The van der Waals surface area contributed by atoms with E-state index in [2.05, 4.69) is 4.90 Å². The van der Waals surface area contributed by atoms with Crippen molar-refractivity contribution in [1.82, 2.24) is 9.21 Å². The Kier molecular flexibility index (Phi) is 5.84. The van der Waals surface area contributed by atoms with E-state index in [9.17, 15) is 21.6 Å². The molecule has 24 heavy (non-hydrogen) atoms. The third-order valence-corrected chi connectivity index (χ3v) is 6.83. The Hall–Kier alpha value is -0.830. The van der Waals surface area contributed by atoms with Gasteiger partial charge in [0.15, 0.2) is 0 Å². The second kappa shape index (κ2) is 7.19. The Morgan fingerprint density at radius 3 is 2.38 bits per heavy atom. The molecule has 1 aliphatic heterocycles. The molecule has 1 aromatic carbocycles. The van der Waals surface area contributed by atoms with E-state index in [0.717, 1.165) is 36.1 Å². The Bertz CT molecular complexity index is 686. The van der Waals surface area contributed by atoms with Gasteiger partial charge in [0, 0.05) is 13.1 Å². The molecule has 4 nitrogen and oxygen atoms in total. The lowest BCUT2D eigenvalue weighted by molar-refractivity contribution is -0.137. The van der Waals surface area contributed by atoms with Crippen LogP contribution in [0.4, 0.5) is 13.2 Å². The van der Waals surface area contributed by atoms with Gasteiger partial charge in [0.1, 0.15) is 4.90 Å². The van der Waals surface area contributed by atoms with E-state index < -0.39 is 26.7 Å². The van der Waals surface area contributed by atoms with Crippen LogP contribution in [0.5, 0.6) is 0 Å². The van der Waals surface area contributed by atoms with Crippen molar-refractivity contribution in [2.75, 3.05) is 26.7 Å². The van der Waals surface area contributed by atoms with E-state index in [-0.39, 0.29) is 11.1 Å². The van der Waals surface area contributed by atoms with Crippen molar-refractivity contribution in [1.29, 1.82) is 0 Å². The second-order valence-corrected chi connectivity index (χ2v) is 8.20. The molecule has 2 rings (SSSR count). The standard InChI is InChI=1S/C15H20ClF3N2O2S/c1-3-21-8-6-12(7-9-21)20(2)24(22,23)14-10-11(15(17,18)19)4-5-13(14)16/h4-5,10,12H,3,6-9H2,1-2H3. The van der Waals surface area contributed by atoms with E-state index in [0.29, 0.717) is 18.9 Å². The van der Waals surface area contributed by atoms with Crippen LogP contribution >= 0.6 is 11.6 Å². The van der Waals surface area contributed by atoms with E-state index in [1.54, 1.807) is 0 Å². The molecule has 0 unspecified atom stereocenters.